The van der Waals surface area contributed by atoms with E-state index in [0.717, 1.165) is 37.1 Å². The van der Waals surface area contributed by atoms with E-state index < -0.39 is 9.84 Å². The Morgan fingerprint density at radius 1 is 1.30 bits per heavy atom. The highest BCUT2D eigenvalue weighted by atomic mass is 32.2. The summed E-state index contributed by atoms with van der Waals surface area (Å²) in [5, 5.41) is 4.59. The molecule has 1 fully saturated rings. The van der Waals surface area contributed by atoms with Gasteiger partial charge in [0, 0.05) is 17.8 Å². The number of hydrogen-bond donors (Lipinski definition) is 2. The summed E-state index contributed by atoms with van der Waals surface area (Å²) in [4.78, 5) is 3.37. The molecule has 2 N–H and O–H groups in total. The fourth-order valence-electron chi connectivity index (χ4n) is 2.92. The zero-order valence-corrected chi connectivity index (χ0v) is 12.2. The number of benzene rings is 1. The quantitative estimate of drug-likeness (QED) is 0.907. The predicted octanol–water partition coefficient (Wildman–Crippen LogP) is 2.08. The fraction of sp³-hybridized carbons (Fsp3) is 0.467. The standard InChI is InChI=1S/C15H20N2O2S/c18-20(19)7-3-4-12(11-20)9-16-10-14-8-13-5-1-2-6-15(13)17-14/h1-2,5-6,8,12,16-17H,3-4,7,9-11H2. The second kappa shape index (κ2) is 5.58. The molecule has 1 aromatic heterocycles. The highest BCUT2D eigenvalue weighted by molar-refractivity contribution is 7.91. The average molecular weight is 292 g/mol. The number of hydrogen-bond acceptors (Lipinski definition) is 3. The smallest absolute Gasteiger partial charge is 0.150 e. The van der Waals surface area contributed by atoms with Gasteiger partial charge in [0.2, 0.25) is 0 Å². The molecule has 0 aliphatic carbocycles. The first kappa shape index (κ1) is 13.6. The van der Waals surface area contributed by atoms with E-state index in [0.29, 0.717) is 11.5 Å². The van der Waals surface area contributed by atoms with Crippen LogP contribution in [0.1, 0.15) is 18.5 Å². The van der Waals surface area contributed by atoms with Crippen molar-refractivity contribution >= 4 is 20.7 Å². The van der Waals surface area contributed by atoms with Crippen LogP contribution in [-0.2, 0) is 16.4 Å². The van der Waals surface area contributed by atoms with Crippen LogP contribution in [-0.4, -0.2) is 31.5 Å². The number of aromatic nitrogens is 1. The van der Waals surface area contributed by atoms with Gasteiger partial charge in [-0.25, -0.2) is 8.42 Å². The van der Waals surface area contributed by atoms with Crippen molar-refractivity contribution in [2.75, 3.05) is 18.1 Å². The number of nitrogens with one attached hydrogen (secondary N) is 2. The maximum absolute atomic E-state index is 11.6. The molecule has 1 aromatic carbocycles. The number of H-pyrrole nitrogens is 1. The van der Waals surface area contributed by atoms with Gasteiger partial charge in [-0.3, -0.25) is 0 Å². The Morgan fingerprint density at radius 3 is 2.95 bits per heavy atom. The van der Waals surface area contributed by atoms with Gasteiger partial charge in [0.1, 0.15) is 0 Å². The lowest BCUT2D eigenvalue weighted by Crippen LogP contribution is -2.32. The lowest BCUT2D eigenvalue weighted by atomic mass is 10.1. The molecule has 1 saturated heterocycles. The van der Waals surface area contributed by atoms with E-state index in [1.54, 1.807) is 0 Å². The van der Waals surface area contributed by atoms with Crippen molar-refractivity contribution in [1.82, 2.24) is 10.3 Å². The van der Waals surface area contributed by atoms with Gasteiger partial charge >= 0.3 is 0 Å². The first-order valence-electron chi connectivity index (χ1n) is 7.10. The van der Waals surface area contributed by atoms with Crippen molar-refractivity contribution in [2.24, 2.45) is 5.92 Å². The molecular weight excluding hydrogens is 272 g/mol. The van der Waals surface area contributed by atoms with Crippen molar-refractivity contribution in [3.8, 4) is 0 Å². The second-order valence-electron chi connectivity index (χ2n) is 5.64. The Bertz CT molecular complexity index is 658. The van der Waals surface area contributed by atoms with Gasteiger partial charge in [0.15, 0.2) is 9.84 Å². The highest BCUT2D eigenvalue weighted by Crippen LogP contribution is 2.18. The van der Waals surface area contributed by atoms with E-state index in [1.807, 2.05) is 12.1 Å². The van der Waals surface area contributed by atoms with Gasteiger partial charge in [-0.2, -0.15) is 0 Å². The molecule has 0 saturated carbocycles. The summed E-state index contributed by atoms with van der Waals surface area (Å²) in [7, 11) is -2.80. The molecule has 0 radical (unpaired) electrons. The van der Waals surface area contributed by atoms with Gasteiger partial charge in [0.25, 0.3) is 0 Å². The molecule has 1 aliphatic heterocycles. The van der Waals surface area contributed by atoms with Gasteiger partial charge in [0.05, 0.1) is 11.5 Å². The largest absolute Gasteiger partial charge is 0.357 e. The maximum Gasteiger partial charge on any atom is 0.150 e. The first-order valence-corrected chi connectivity index (χ1v) is 8.92. The van der Waals surface area contributed by atoms with Crippen LogP contribution in [0.15, 0.2) is 30.3 Å². The molecule has 20 heavy (non-hydrogen) atoms. The Labute approximate surface area is 119 Å². The van der Waals surface area contributed by atoms with Gasteiger partial charge < -0.3 is 10.3 Å². The lowest BCUT2D eigenvalue weighted by Gasteiger charge is -2.22. The molecule has 5 heteroatoms. The van der Waals surface area contributed by atoms with Gasteiger partial charge in [-0.05, 0) is 42.8 Å². The maximum atomic E-state index is 11.6. The van der Waals surface area contributed by atoms with Crippen LogP contribution in [0, 0.1) is 5.92 Å². The van der Waals surface area contributed by atoms with Crippen molar-refractivity contribution in [1.29, 1.82) is 0 Å². The monoisotopic (exact) mass is 292 g/mol. The third kappa shape index (κ3) is 3.22. The minimum absolute atomic E-state index is 0.262. The lowest BCUT2D eigenvalue weighted by molar-refractivity contribution is 0.452. The molecule has 2 aromatic rings. The topological polar surface area (TPSA) is 62.0 Å². The molecule has 1 atom stereocenters. The minimum atomic E-state index is -2.80. The van der Waals surface area contributed by atoms with Crippen LogP contribution in [0.25, 0.3) is 10.9 Å². The normalized spacial score (nSPS) is 22.1. The van der Waals surface area contributed by atoms with Crippen molar-refractivity contribution < 1.29 is 8.42 Å². The zero-order chi connectivity index (χ0) is 14.0. The molecule has 0 spiro atoms. The molecule has 1 unspecified atom stereocenters. The zero-order valence-electron chi connectivity index (χ0n) is 11.4. The van der Waals surface area contributed by atoms with Gasteiger partial charge in [-0.1, -0.05) is 18.2 Å². The van der Waals surface area contributed by atoms with Crippen molar-refractivity contribution in [3.63, 3.8) is 0 Å². The second-order valence-corrected chi connectivity index (χ2v) is 7.86. The first-order chi connectivity index (χ1) is 9.62. The molecule has 2 heterocycles. The average Bonchev–Trinajstić information content (AvgIpc) is 2.80. The van der Waals surface area contributed by atoms with Gasteiger partial charge in [-0.15, -0.1) is 0 Å². The fourth-order valence-corrected chi connectivity index (χ4v) is 4.69. The number of aromatic amines is 1. The molecule has 1 aliphatic rings. The SMILES string of the molecule is O=S1(=O)CCCC(CNCc2cc3ccccc3[nH]2)C1. The Morgan fingerprint density at radius 2 is 2.15 bits per heavy atom. The number of rotatable bonds is 4. The summed E-state index contributed by atoms with van der Waals surface area (Å²) in [5.74, 6) is 0.969. The van der Waals surface area contributed by atoms with E-state index >= 15 is 0 Å². The molecule has 4 nitrogen and oxygen atoms in total. The van der Waals surface area contributed by atoms with Crippen LogP contribution < -0.4 is 5.32 Å². The van der Waals surface area contributed by atoms with Crippen LogP contribution in [0.4, 0.5) is 0 Å². The molecule has 3 rings (SSSR count). The summed E-state index contributed by atoms with van der Waals surface area (Å²) in [6.45, 7) is 1.53. The summed E-state index contributed by atoms with van der Waals surface area (Å²) in [6, 6.07) is 10.3. The van der Waals surface area contributed by atoms with Crippen molar-refractivity contribution in [2.45, 2.75) is 19.4 Å². The summed E-state index contributed by atoms with van der Waals surface area (Å²) < 4.78 is 23.2. The molecule has 0 bridgehead atoms. The Balaban J connectivity index is 1.54. The Hall–Kier alpha value is -1.33. The number of para-hydroxylation sites is 1. The van der Waals surface area contributed by atoms with Crippen LogP contribution >= 0.6 is 0 Å². The molecule has 0 amide bonds. The van der Waals surface area contributed by atoms with Crippen molar-refractivity contribution in [3.05, 3.63) is 36.0 Å². The summed E-state index contributed by atoms with van der Waals surface area (Å²) >= 11 is 0. The van der Waals surface area contributed by atoms with E-state index in [-0.39, 0.29) is 5.92 Å². The Kier molecular flexibility index (Phi) is 3.81. The third-order valence-electron chi connectivity index (χ3n) is 3.89. The summed E-state index contributed by atoms with van der Waals surface area (Å²) in [5.41, 5.74) is 2.29. The van der Waals surface area contributed by atoms with E-state index in [2.05, 4.69) is 28.5 Å². The predicted molar refractivity (Wildman–Crippen MR) is 81.4 cm³/mol. The van der Waals surface area contributed by atoms with Crippen LogP contribution in [0.3, 0.4) is 0 Å². The highest BCUT2D eigenvalue weighted by Gasteiger charge is 2.24. The molecular formula is C15H20N2O2S. The number of sulfone groups is 1. The third-order valence-corrected chi connectivity index (χ3v) is 5.78. The summed E-state index contributed by atoms with van der Waals surface area (Å²) in [6.07, 6.45) is 1.82. The van der Waals surface area contributed by atoms with Crippen LogP contribution in [0.5, 0.6) is 0 Å². The number of fused-ring (bicyclic) bond motifs is 1. The van der Waals surface area contributed by atoms with Crippen LogP contribution in [0.2, 0.25) is 0 Å². The molecule has 108 valence electrons. The minimum Gasteiger partial charge on any atom is -0.357 e. The van der Waals surface area contributed by atoms with E-state index in [1.165, 1.54) is 5.39 Å². The van der Waals surface area contributed by atoms with E-state index in [4.69, 9.17) is 0 Å². The van der Waals surface area contributed by atoms with E-state index in [9.17, 15) is 8.42 Å².